The van der Waals surface area contributed by atoms with Gasteiger partial charge in [0.25, 0.3) is 11.8 Å². The summed E-state index contributed by atoms with van der Waals surface area (Å²) in [5.41, 5.74) is 1.80. The van der Waals surface area contributed by atoms with Crippen LogP contribution in [0.4, 0.5) is 5.69 Å². The number of carboxylic acid groups (broad SMARTS) is 1. The first-order valence-corrected chi connectivity index (χ1v) is 18.0. The molecular weight excluding hydrogens is 676 g/mol. The molecule has 15 heteroatoms. The first kappa shape index (κ1) is 45.4. The van der Waals surface area contributed by atoms with Gasteiger partial charge in [0, 0.05) is 44.1 Å². The number of amides is 5. The van der Waals surface area contributed by atoms with Crippen molar-refractivity contribution in [2.24, 2.45) is 0 Å². The summed E-state index contributed by atoms with van der Waals surface area (Å²) < 4.78 is 10.8. The number of aliphatic hydroxyl groups excluding tert-OH is 1. The van der Waals surface area contributed by atoms with Crippen molar-refractivity contribution >= 4 is 47.2 Å². The smallest absolute Gasteiger partial charge is 0.332 e. The maximum Gasteiger partial charge on any atom is 0.332 e. The Bertz CT molecular complexity index is 1380. The average Bonchev–Trinajstić information content (AvgIpc) is 3.42. The number of hydrogen-bond acceptors (Lipinski definition) is 10. The largest absolute Gasteiger partial charge is 0.479 e. The van der Waals surface area contributed by atoms with E-state index in [2.05, 4.69) is 29.8 Å². The molecule has 1 fully saturated rings. The zero-order valence-corrected chi connectivity index (χ0v) is 31.2. The lowest BCUT2D eigenvalue weighted by Crippen LogP contribution is -2.45. The highest BCUT2D eigenvalue weighted by Gasteiger charge is 2.32. The Kier molecular flexibility index (Phi) is 21.4. The first-order chi connectivity index (χ1) is 24.7. The Hall–Kier alpha value is -4.63. The Morgan fingerprint density at radius 3 is 2.25 bits per heavy atom. The second-order valence-corrected chi connectivity index (χ2v) is 12.2. The normalized spacial score (nSPS) is 18.2. The van der Waals surface area contributed by atoms with Gasteiger partial charge < -0.3 is 35.6 Å². The number of carboxylic acids is 1. The van der Waals surface area contributed by atoms with Gasteiger partial charge in [-0.3, -0.25) is 33.7 Å². The van der Waals surface area contributed by atoms with Crippen molar-refractivity contribution in [2.75, 3.05) is 18.4 Å². The third kappa shape index (κ3) is 17.1. The lowest BCUT2D eigenvalue weighted by atomic mass is 9.94. The number of unbranched alkanes of at least 4 members (excludes halogenated alkanes) is 2. The quantitative estimate of drug-likeness (QED) is 0.0890. The van der Waals surface area contributed by atoms with E-state index in [9.17, 15) is 43.8 Å². The Morgan fingerprint density at radius 2 is 1.63 bits per heavy atom. The maximum atomic E-state index is 12.8. The fourth-order valence-corrected chi connectivity index (χ4v) is 5.17. The van der Waals surface area contributed by atoms with Crippen LogP contribution in [0.1, 0.15) is 104 Å². The lowest BCUT2D eigenvalue weighted by Gasteiger charge is -2.31. The molecule has 2 heterocycles. The van der Waals surface area contributed by atoms with Gasteiger partial charge in [0.05, 0.1) is 18.8 Å². The van der Waals surface area contributed by atoms with Crippen molar-refractivity contribution in [3.63, 3.8) is 0 Å². The predicted molar refractivity (Wildman–Crippen MR) is 193 cm³/mol. The van der Waals surface area contributed by atoms with E-state index < -0.39 is 48.1 Å². The summed E-state index contributed by atoms with van der Waals surface area (Å²) in [5, 5.41) is 27.2. The number of carbonyl (C=O) groups is 7. The van der Waals surface area contributed by atoms with Crippen molar-refractivity contribution in [1.82, 2.24) is 15.5 Å². The van der Waals surface area contributed by atoms with Crippen molar-refractivity contribution in [1.29, 1.82) is 0 Å². The van der Waals surface area contributed by atoms with Gasteiger partial charge >= 0.3 is 11.9 Å². The number of ether oxygens (including phenoxy) is 2. The standard InChI is InChI=1S/C32H42N4O11.C3H8.C2H6/c1-19(34-28(40)17-33-27(39)6-4-3-5-13-36-29(41)11-12-30(36)42)31(43)35-23-9-7-22(18-46-20(2)37)21(14-23)8-10-25-15-24(38)16-26(47-25)32(44)45;1-3-2;1-2/h7,9,11-12,14,19,24-26,38H,3-6,8,10,13,15-18H2,1-2H3,(H,33,39)(H,34,40)(H,35,43)(H,44,45);3H2,1-2H3;1-2H3. The Morgan fingerprint density at radius 1 is 0.981 bits per heavy atom. The molecule has 0 radical (unpaired) electrons. The summed E-state index contributed by atoms with van der Waals surface area (Å²) in [5.74, 6) is -3.73. The number of esters is 1. The van der Waals surface area contributed by atoms with Crippen molar-refractivity contribution in [2.45, 2.75) is 130 Å². The van der Waals surface area contributed by atoms with Crippen LogP contribution >= 0.6 is 0 Å². The third-order valence-electron chi connectivity index (χ3n) is 7.70. The molecule has 4 unspecified atom stereocenters. The number of rotatable bonds is 17. The van der Waals surface area contributed by atoms with Gasteiger partial charge in [-0.1, -0.05) is 46.6 Å². The topological polar surface area (TPSA) is 218 Å². The maximum absolute atomic E-state index is 12.8. The zero-order chi connectivity index (χ0) is 39.2. The van der Waals surface area contributed by atoms with E-state index in [4.69, 9.17) is 9.47 Å². The third-order valence-corrected chi connectivity index (χ3v) is 7.70. The van der Waals surface area contributed by atoms with E-state index in [0.717, 1.165) is 4.90 Å². The van der Waals surface area contributed by atoms with Crippen LogP contribution in [0.15, 0.2) is 30.4 Å². The number of carbonyl (C=O) groups excluding carboxylic acids is 6. The summed E-state index contributed by atoms with van der Waals surface area (Å²) >= 11 is 0. The number of aliphatic hydroxyl groups is 1. The van der Waals surface area contributed by atoms with Gasteiger partial charge in [0.2, 0.25) is 17.7 Å². The van der Waals surface area contributed by atoms with Crippen LogP contribution < -0.4 is 16.0 Å². The van der Waals surface area contributed by atoms with Crippen LogP contribution in [0.5, 0.6) is 0 Å². The number of aliphatic carboxylic acids is 1. The SMILES string of the molecule is CC.CC(=O)OCc1ccc(NC(=O)C(C)NC(=O)CNC(=O)CCCCCN2C(=O)C=CC2=O)cc1CCC1CC(O)CC(C(=O)O)O1.CCC. The van der Waals surface area contributed by atoms with Crippen LogP contribution in [0, 0.1) is 0 Å². The molecule has 4 atom stereocenters. The minimum Gasteiger partial charge on any atom is -0.479 e. The van der Waals surface area contributed by atoms with Crippen molar-refractivity contribution in [3.05, 3.63) is 41.5 Å². The van der Waals surface area contributed by atoms with Crippen molar-refractivity contribution < 1.29 is 53.2 Å². The fraction of sp³-hybridized carbons (Fsp3) is 0.595. The Labute approximate surface area is 305 Å². The second-order valence-electron chi connectivity index (χ2n) is 12.2. The molecule has 2 aliphatic rings. The molecule has 290 valence electrons. The summed E-state index contributed by atoms with van der Waals surface area (Å²) in [4.78, 5) is 84.3. The minimum absolute atomic E-state index is 0.0126. The minimum atomic E-state index is -1.14. The number of aryl methyl sites for hydroxylation is 1. The molecule has 1 saturated heterocycles. The van der Waals surface area contributed by atoms with E-state index in [-0.39, 0.29) is 56.7 Å². The van der Waals surface area contributed by atoms with E-state index in [1.807, 2.05) is 13.8 Å². The summed E-state index contributed by atoms with van der Waals surface area (Å²) in [7, 11) is 0. The summed E-state index contributed by atoms with van der Waals surface area (Å²) in [6, 6.07) is 4.05. The molecule has 15 nitrogen and oxygen atoms in total. The van der Waals surface area contributed by atoms with Crippen molar-refractivity contribution in [3.8, 4) is 0 Å². The molecule has 5 amide bonds. The van der Waals surface area contributed by atoms with Crippen LogP contribution in [0.2, 0.25) is 0 Å². The fourth-order valence-electron chi connectivity index (χ4n) is 5.17. The molecule has 0 aromatic heterocycles. The molecule has 0 aliphatic carbocycles. The molecule has 0 bridgehead atoms. The van der Waals surface area contributed by atoms with Crippen LogP contribution in [0.25, 0.3) is 0 Å². The highest BCUT2D eigenvalue weighted by Crippen LogP contribution is 2.26. The number of nitrogens with one attached hydrogen (secondary N) is 3. The number of imide groups is 1. The molecule has 3 rings (SSSR count). The molecule has 0 spiro atoms. The number of hydrogen-bond donors (Lipinski definition) is 5. The first-order valence-electron chi connectivity index (χ1n) is 18.0. The molecule has 52 heavy (non-hydrogen) atoms. The molecule has 1 aromatic carbocycles. The Balaban J connectivity index is 0.00000256. The van der Waals surface area contributed by atoms with Gasteiger partial charge in [0.15, 0.2) is 6.10 Å². The number of benzene rings is 1. The van der Waals surface area contributed by atoms with Gasteiger partial charge in [-0.2, -0.15) is 0 Å². The van der Waals surface area contributed by atoms with Gasteiger partial charge in [-0.25, -0.2) is 4.79 Å². The highest BCUT2D eigenvalue weighted by molar-refractivity contribution is 6.12. The van der Waals surface area contributed by atoms with E-state index in [1.54, 1.807) is 18.2 Å². The molecule has 1 aromatic rings. The van der Waals surface area contributed by atoms with Gasteiger partial charge in [-0.05, 0) is 62.3 Å². The van der Waals surface area contributed by atoms with Crippen LogP contribution in [-0.2, 0) is 56.1 Å². The van der Waals surface area contributed by atoms with E-state index in [0.29, 0.717) is 48.9 Å². The zero-order valence-electron chi connectivity index (χ0n) is 31.2. The number of nitrogens with zero attached hydrogens (tertiary/aromatic N) is 1. The summed E-state index contributed by atoms with van der Waals surface area (Å²) in [6.45, 7) is 11.0. The average molecular weight is 733 g/mol. The van der Waals surface area contributed by atoms with Crippen LogP contribution in [-0.4, -0.2) is 94.0 Å². The second kappa shape index (κ2) is 24.5. The highest BCUT2D eigenvalue weighted by atomic mass is 16.5. The van der Waals surface area contributed by atoms with Crippen LogP contribution in [0.3, 0.4) is 0 Å². The number of anilines is 1. The lowest BCUT2D eigenvalue weighted by molar-refractivity contribution is -0.166. The van der Waals surface area contributed by atoms with Gasteiger partial charge in [-0.15, -0.1) is 0 Å². The molecule has 2 aliphatic heterocycles. The molecule has 0 saturated carbocycles. The van der Waals surface area contributed by atoms with E-state index >= 15 is 0 Å². The van der Waals surface area contributed by atoms with E-state index in [1.165, 1.54) is 32.4 Å². The summed E-state index contributed by atoms with van der Waals surface area (Å²) in [6.07, 6.45) is 4.17. The predicted octanol–water partition coefficient (Wildman–Crippen LogP) is 3.16. The van der Waals surface area contributed by atoms with Gasteiger partial charge in [0.1, 0.15) is 12.6 Å². The monoisotopic (exact) mass is 732 g/mol. The molecular formula is C37H56N4O11. The molecule has 5 N–H and O–H groups in total.